The summed E-state index contributed by atoms with van der Waals surface area (Å²) in [6, 6.07) is 0. The van der Waals surface area contributed by atoms with Gasteiger partial charge in [0, 0.05) is 0 Å². The van der Waals surface area contributed by atoms with Crippen molar-refractivity contribution in [3.05, 3.63) is 0 Å². The molecule has 0 fully saturated rings. The van der Waals surface area contributed by atoms with Gasteiger partial charge in [-0.3, -0.25) is 0 Å². The van der Waals surface area contributed by atoms with E-state index >= 15 is 0 Å². The van der Waals surface area contributed by atoms with Crippen LogP contribution in [0.1, 0.15) is 1.43 Å². The largest absolute Gasteiger partial charge is 1.00 e. The van der Waals surface area contributed by atoms with Gasteiger partial charge >= 0.3 is 67.0 Å². The first-order valence-corrected chi connectivity index (χ1v) is 4.70. The van der Waals surface area contributed by atoms with E-state index in [0.29, 0.717) is 0 Å². The normalized spacial score (nSPS) is 8.43. The molecule has 0 aromatic rings. The monoisotopic (exact) mass is 288 g/mol. The van der Waals surface area contributed by atoms with Crippen LogP contribution in [0.3, 0.4) is 0 Å². The summed E-state index contributed by atoms with van der Waals surface area (Å²) in [5.41, 5.74) is 0. The summed E-state index contributed by atoms with van der Waals surface area (Å²) < 4.78 is 17.8. The smallest absolute Gasteiger partial charge is 1.00 e. The first kappa shape index (κ1) is 36.0. The Bertz CT molecular complexity index is 138. The standard InChI is InChI=1S/K.2H3N.2H3O4P.H2O.H/c;;;2*1-5(2,3)4;;/h;2*1H3;2*(H3,1,2,3,4);1H2;/q+1;;;;;;-1. The molecular weight excluding hydrogens is 273 g/mol. The van der Waals surface area contributed by atoms with Crippen molar-refractivity contribution in [2.24, 2.45) is 0 Å². The Balaban J connectivity index is -0.0000000128. The molecule has 14 N–H and O–H groups in total. The summed E-state index contributed by atoms with van der Waals surface area (Å²) in [5.74, 6) is 0. The van der Waals surface area contributed by atoms with Crippen molar-refractivity contribution in [3.8, 4) is 0 Å². The fourth-order valence-electron chi connectivity index (χ4n) is 0. The van der Waals surface area contributed by atoms with E-state index in [9.17, 15) is 0 Å². The molecule has 14 heavy (non-hydrogen) atoms. The zero-order valence-corrected chi connectivity index (χ0v) is 12.2. The van der Waals surface area contributed by atoms with Gasteiger partial charge in [0.1, 0.15) is 0 Å². The van der Waals surface area contributed by atoms with Gasteiger partial charge in [-0.2, -0.15) is 0 Å². The predicted molar refractivity (Wildman–Crippen MR) is 43.3 cm³/mol. The molecule has 0 spiro atoms. The Kier molecular flexibility index (Phi) is 37.9. The Hall–Kier alpha value is 1.74. The van der Waals surface area contributed by atoms with E-state index in [4.69, 9.17) is 38.5 Å². The Morgan fingerprint density at radius 1 is 0.714 bits per heavy atom. The minimum absolute atomic E-state index is 0. The molecule has 11 nitrogen and oxygen atoms in total. The minimum atomic E-state index is -4.64. The van der Waals surface area contributed by atoms with E-state index in [2.05, 4.69) is 0 Å². The fraction of sp³-hybridized carbons (Fsp3) is 0. The van der Waals surface area contributed by atoms with Crippen LogP contribution in [0.5, 0.6) is 0 Å². The molecule has 0 aliphatic carbocycles. The first-order valence-electron chi connectivity index (χ1n) is 1.57. The molecule has 0 saturated carbocycles. The van der Waals surface area contributed by atoms with Crippen LogP contribution >= 0.6 is 15.6 Å². The molecular formula is H15KN2O9P2. The van der Waals surface area contributed by atoms with Gasteiger partial charge in [-0.1, -0.05) is 0 Å². The fourth-order valence-corrected chi connectivity index (χ4v) is 0. The van der Waals surface area contributed by atoms with E-state index in [0.717, 1.165) is 0 Å². The molecule has 0 amide bonds. The summed E-state index contributed by atoms with van der Waals surface area (Å²) in [6.45, 7) is 0. The Morgan fingerprint density at radius 3 is 0.714 bits per heavy atom. The van der Waals surface area contributed by atoms with Crippen LogP contribution in [0.2, 0.25) is 0 Å². The molecule has 0 unspecified atom stereocenters. The molecule has 0 rings (SSSR count). The average Bonchev–Trinajstić information content (AvgIpc) is 1.12. The van der Waals surface area contributed by atoms with Gasteiger partial charge < -0.3 is 48.6 Å². The van der Waals surface area contributed by atoms with Crippen molar-refractivity contribution in [1.29, 1.82) is 0 Å². The average molecular weight is 288 g/mol. The van der Waals surface area contributed by atoms with Crippen LogP contribution in [-0.4, -0.2) is 34.8 Å². The molecule has 0 atom stereocenters. The second-order valence-corrected chi connectivity index (χ2v) is 3.08. The van der Waals surface area contributed by atoms with Crippen molar-refractivity contribution in [2.75, 3.05) is 0 Å². The third kappa shape index (κ3) is 739. The molecule has 14 heteroatoms. The Labute approximate surface area is 123 Å². The summed E-state index contributed by atoms with van der Waals surface area (Å²) >= 11 is 0. The summed E-state index contributed by atoms with van der Waals surface area (Å²) in [4.78, 5) is 43.1. The molecule has 0 heterocycles. The molecule has 0 saturated heterocycles. The van der Waals surface area contributed by atoms with Crippen molar-refractivity contribution in [3.63, 3.8) is 0 Å². The SMILES string of the molecule is N.N.O.O=P(O)(O)O.O=P(O)(O)O.[H-].[K+]. The van der Waals surface area contributed by atoms with Crippen LogP contribution in [0, 0.1) is 0 Å². The first-order chi connectivity index (χ1) is 4.00. The van der Waals surface area contributed by atoms with Gasteiger partial charge in [-0.25, -0.2) is 9.13 Å². The second kappa shape index (κ2) is 14.7. The Morgan fingerprint density at radius 2 is 0.714 bits per heavy atom. The number of phosphoric acid groups is 2. The van der Waals surface area contributed by atoms with Crippen LogP contribution in [0.4, 0.5) is 0 Å². The molecule has 0 aliphatic rings. The van der Waals surface area contributed by atoms with E-state index < -0.39 is 15.6 Å². The van der Waals surface area contributed by atoms with Gasteiger partial charge in [-0.05, 0) is 0 Å². The third-order valence-corrected chi connectivity index (χ3v) is 0. The van der Waals surface area contributed by atoms with E-state index in [1.807, 2.05) is 0 Å². The van der Waals surface area contributed by atoms with Crippen molar-refractivity contribution < 1.29 is 96.8 Å². The number of hydrogen-bond donors (Lipinski definition) is 8. The van der Waals surface area contributed by atoms with E-state index in [1.54, 1.807) is 0 Å². The summed E-state index contributed by atoms with van der Waals surface area (Å²) in [5, 5.41) is 0. The minimum Gasteiger partial charge on any atom is -1.00 e. The van der Waals surface area contributed by atoms with Crippen LogP contribution in [-0.2, 0) is 9.13 Å². The van der Waals surface area contributed by atoms with Crippen molar-refractivity contribution in [1.82, 2.24) is 12.3 Å². The van der Waals surface area contributed by atoms with Gasteiger partial charge in [0.2, 0.25) is 0 Å². The van der Waals surface area contributed by atoms with Gasteiger partial charge in [0.05, 0.1) is 0 Å². The van der Waals surface area contributed by atoms with Crippen LogP contribution in [0.15, 0.2) is 0 Å². The molecule has 0 aromatic carbocycles. The van der Waals surface area contributed by atoms with E-state index in [1.165, 1.54) is 0 Å². The summed E-state index contributed by atoms with van der Waals surface area (Å²) in [6.07, 6.45) is 0. The third-order valence-electron chi connectivity index (χ3n) is 0. The zero-order valence-electron chi connectivity index (χ0n) is 8.31. The maximum Gasteiger partial charge on any atom is 1.00 e. The zero-order chi connectivity index (χ0) is 9.00. The second-order valence-electron chi connectivity index (χ2n) is 1.03. The molecule has 0 aliphatic heterocycles. The summed E-state index contributed by atoms with van der Waals surface area (Å²) in [7, 11) is -9.28. The van der Waals surface area contributed by atoms with Gasteiger partial charge in [-0.15, -0.1) is 0 Å². The number of rotatable bonds is 0. The maximum absolute atomic E-state index is 8.88. The van der Waals surface area contributed by atoms with Crippen molar-refractivity contribution >= 4 is 15.6 Å². The molecule has 0 radical (unpaired) electrons. The molecule has 0 bridgehead atoms. The number of hydrogen-bond acceptors (Lipinski definition) is 4. The maximum atomic E-state index is 8.88. The van der Waals surface area contributed by atoms with Crippen LogP contribution < -0.4 is 63.7 Å². The van der Waals surface area contributed by atoms with Gasteiger partial charge in [0.25, 0.3) is 0 Å². The quantitative estimate of drug-likeness (QED) is 0.155. The van der Waals surface area contributed by atoms with Crippen molar-refractivity contribution in [2.45, 2.75) is 0 Å². The molecule has 90 valence electrons. The van der Waals surface area contributed by atoms with Crippen LogP contribution in [0.25, 0.3) is 0 Å². The van der Waals surface area contributed by atoms with Gasteiger partial charge in [0.15, 0.2) is 0 Å². The predicted octanol–water partition coefficient (Wildman–Crippen LogP) is -5.24. The topological polar surface area (TPSA) is 257 Å². The van der Waals surface area contributed by atoms with E-state index in [-0.39, 0.29) is 70.6 Å². The molecule has 0 aromatic heterocycles.